The molecule has 0 radical (unpaired) electrons. The predicted molar refractivity (Wildman–Crippen MR) is 85.0 cm³/mol. The Bertz CT molecular complexity index is 640. The molecule has 3 rings (SSSR count). The molecule has 1 atom stereocenters. The standard InChI is InChI=1S/C15H17N3O2S/c1-8(2)5-10-7-16-15(21-10)17-9-3-4-11-12(6-9)14(20)18-13(11)19/h3-4,6,8,10H,5,7H2,1-2H3,(H,16,17)(H,18,19,20). The molecule has 0 bridgehead atoms. The van der Waals surface area contributed by atoms with Crippen molar-refractivity contribution in [1.82, 2.24) is 5.32 Å². The molecule has 0 spiro atoms. The van der Waals surface area contributed by atoms with Crippen molar-refractivity contribution >= 4 is 34.4 Å². The van der Waals surface area contributed by atoms with E-state index in [0.717, 1.165) is 23.8 Å². The number of anilines is 1. The predicted octanol–water partition coefficient (Wildman–Crippen LogP) is 2.50. The number of hydrogen-bond acceptors (Lipinski definition) is 5. The Labute approximate surface area is 127 Å². The first-order valence-corrected chi connectivity index (χ1v) is 7.89. The van der Waals surface area contributed by atoms with Crippen LogP contribution in [0.2, 0.25) is 0 Å². The summed E-state index contributed by atoms with van der Waals surface area (Å²) in [6.45, 7) is 5.25. The fraction of sp³-hybridized carbons (Fsp3) is 0.400. The Hall–Kier alpha value is -1.82. The first kappa shape index (κ1) is 14.1. The van der Waals surface area contributed by atoms with E-state index >= 15 is 0 Å². The Balaban J connectivity index is 1.69. The molecular weight excluding hydrogens is 286 g/mol. The quantitative estimate of drug-likeness (QED) is 0.842. The number of carbonyl (C=O) groups excluding carboxylic acids is 2. The van der Waals surface area contributed by atoms with Gasteiger partial charge in [0.1, 0.15) is 0 Å². The van der Waals surface area contributed by atoms with Gasteiger partial charge < -0.3 is 5.32 Å². The van der Waals surface area contributed by atoms with E-state index in [4.69, 9.17) is 0 Å². The van der Waals surface area contributed by atoms with Crippen LogP contribution < -0.4 is 10.6 Å². The SMILES string of the molecule is CC(C)CC1CN=C(Nc2ccc3c(c2)C(=O)NC3=O)S1. The lowest BCUT2D eigenvalue weighted by atomic mass is 10.1. The Morgan fingerprint density at radius 2 is 2.10 bits per heavy atom. The van der Waals surface area contributed by atoms with Crippen molar-refractivity contribution in [3.8, 4) is 0 Å². The maximum absolute atomic E-state index is 11.6. The van der Waals surface area contributed by atoms with Gasteiger partial charge in [-0.15, -0.1) is 0 Å². The maximum atomic E-state index is 11.6. The second kappa shape index (κ2) is 5.52. The topological polar surface area (TPSA) is 70.6 Å². The fourth-order valence-electron chi connectivity index (χ4n) is 2.50. The fourth-order valence-corrected chi connectivity index (χ4v) is 3.78. The summed E-state index contributed by atoms with van der Waals surface area (Å²) >= 11 is 1.74. The van der Waals surface area contributed by atoms with Gasteiger partial charge in [-0.3, -0.25) is 19.9 Å². The zero-order valence-corrected chi connectivity index (χ0v) is 12.8. The summed E-state index contributed by atoms with van der Waals surface area (Å²) < 4.78 is 0. The molecule has 1 unspecified atom stereocenters. The highest BCUT2D eigenvalue weighted by molar-refractivity contribution is 8.15. The molecule has 2 aliphatic rings. The van der Waals surface area contributed by atoms with Crippen molar-refractivity contribution in [3.63, 3.8) is 0 Å². The zero-order chi connectivity index (χ0) is 15.0. The van der Waals surface area contributed by atoms with Crippen LogP contribution in [0.15, 0.2) is 23.2 Å². The van der Waals surface area contributed by atoms with Gasteiger partial charge in [-0.1, -0.05) is 25.6 Å². The number of hydrogen-bond donors (Lipinski definition) is 2. The van der Waals surface area contributed by atoms with Crippen molar-refractivity contribution in [2.24, 2.45) is 10.9 Å². The van der Waals surface area contributed by atoms with Gasteiger partial charge in [-0.05, 0) is 30.5 Å². The summed E-state index contributed by atoms with van der Waals surface area (Å²) in [6, 6.07) is 5.17. The van der Waals surface area contributed by atoms with E-state index in [2.05, 4.69) is 29.5 Å². The van der Waals surface area contributed by atoms with Crippen molar-refractivity contribution in [2.75, 3.05) is 11.9 Å². The lowest BCUT2D eigenvalue weighted by Gasteiger charge is -2.11. The molecule has 0 saturated carbocycles. The van der Waals surface area contributed by atoms with Crippen LogP contribution in [-0.2, 0) is 0 Å². The van der Waals surface area contributed by atoms with Crippen LogP contribution >= 0.6 is 11.8 Å². The van der Waals surface area contributed by atoms with Crippen LogP contribution in [0.25, 0.3) is 0 Å². The van der Waals surface area contributed by atoms with Crippen LogP contribution in [0.3, 0.4) is 0 Å². The molecule has 1 aromatic rings. The molecule has 0 fully saturated rings. The number of aliphatic imine (C=N–C) groups is 1. The van der Waals surface area contributed by atoms with Gasteiger partial charge in [0, 0.05) is 10.9 Å². The zero-order valence-electron chi connectivity index (χ0n) is 12.0. The number of rotatable bonds is 3. The number of amides is 2. The number of nitrogens with one attached hydrogen (secondary N) is 2. The minimum absolute atomic E-state index is 0.328. The molecule has 2 heterocycles. The average Bonchev–Trinajstić information content (AvgIpc) is 2.95. The summed E-state index contributed by atoms with van der Waals surface area (Å²) in [6.07, 6.45) is 1.14. The van der Waals surface area contributed by atoms with Crippen LogP contribution in [0.5, 0.6) is 0 Å². The van der Waals surface area contributed by atoms with Gasteiger partial charge in [-0.25, -0.2) is 0 Å². The van der Waals surface area contributed by atoms with Crippen LogP contribution in [-0.4, -0.2) is 28.8 Å². The second-order valence-corrected chi connectivity index (χ2v) is 6.97. The van der Waals surface area contributed by atoms with Gasteiger partial charge in [0.2, 0.25) is 0 Å². The number of nitrogens with zero attached hydrogens (tertiary/aromatic N) is 1. The normalized spacial score (nSPS) is 20.5. The Morgan fingerprint density at radius 1 is 1.33 bits per heavy atom. The van der Waals surface area contributed by atoms with Gasteiger partial charge in [0.25, 0.3) is 11.8 Å². The van der Waals surface area contributed by atoms with E-state index in [1.807, 2.05) is 0 Å². The summed E-state index contributed by atoms with van der Waals surface area (Å²) in [5.74, 6) is -0.00442. The van der Waals surface area contributed by atoms with Crippen molar-refractivity contribution < 1.29 is 9.59 Å². The van der Waals surface area contributed by atoms with Crippen LogP contribution in [0, 0.1) is 5.92 Å². The van der Waals surface area contributed by atoms with Gasteiger partial charge in [0.05, 0.1) is 17.7 Å². The minimum atomic E-state index is -0.336. The molecule has 5 nitrogen and oxygen atoms in total. The molecule has 0 aliphatic carbocycles. The molecule has 0 aromatic heterocycles. The number of benzene rings is 1. The summed E-state index contributed by atoms with van der Waals surface area (Å²) in [7, 11) is 0. The van der Waals surface area contributed by atoms with Gasteiger partial charge in [0.15, 0.2) is 5.17 Å². The molecule has 21 heavy (non-hydrogen) atoms. The third-order valence-corrected chi connectivity index (χ3v) is 4.57. The highest BCUT2D eigenvalue weighted by Gasteiger charge is 2.27. The van der Waals surface area contributed by atoms with Gasteiger partial charge >= 0.3 is 0 Å². The van der Waals surface area contributed by atoms with Gasteiger partial charge in [-0.2, -0.15) is 0 Å². The molecular formula is C15H17N3O2S. The van der Waals surface area contributed by atoms with E-state index in [1.165, 1.54) is 0 Å². The number of thioether (sulfide) groups is 1. The molecule has 2 N–H and O–H groups in total. The Kier molecular flexibility index (Phi) is 3.71. The highest BCUT2D eigenvalue weighted by Crippen LogP contribution is 2.28. The van der Waals surface area contributed by atoms with E-state index in [-0.39, 0.29) is 11.8 Å². The lowest BCUT2D eigenvalue weighted by Crippen LogP contribution is -2.19. The first-order chi connectivity index (χ1) is 10.0. The minimum Gasteiger partial charge on any atom is -0.335 e. The third kappa shape index (κ3) is 2.95. The molecule has 2 aliphatic heterocycles. The van der Waals surface area contributed by atoms with Crippen molar-refractivity contribution in [2.45, 2.75) is 25.5 Å². The smallest absolute Gasteiger partial charge is 0.259 e. The largest absolute Gasteiger partial charge is 0.335 e. The average molecular weight is 303 g/mol. The monoisotopic (exact) mass is 303 g/mol. The van der Waals surface area contributed by atoms with E-state index in [0.29, 0.717) is 22.3 Å². The molecule has 110 valence electrons. The second-order valence-electron chi connectivity index (χ2n) is 5.68. The molecule has 2 amide bonds. The van der Waals surface area contributed by atoms with E-state index in [9.17, 15) is 9.59 Å². The highest BCUT2D eigenvalue weighted by atomic mass is 32.2. The summed E-state index contributed by atoms with van der Waals surface area (Å²) in [5.41, 5.74) is 1.65. The third-order valence-electron chi connectivity index (χ3n) is 3.44. The van der Waals surface area contributed by atoms with Crippen molar-refractivity contribution in [3.05, 3.63) is 29.3 Å². The van der Waals surface area contributed by atoms with E-state index in [1.54, 1.807) is 30.0 Å². The molecule has 1 aromatic carbocycles. The number of carbonyl (C=O) groups is 2. The van der Waals surface area contributed by atoms with Crippen LogP contribution in [0.4, 0.5) is 5.69 Å². The van der Waals surface area contributed by atoms with Crippen LogP contribution in [0.1, 0.15) is 41.0 Å². The van der Waals surface area contributed by atoms with E-state index < -0.39 is 0 Å². The Morgan fingerprint density at radius 3 is 2.86 bits per heavy atom. The molecule has 6 heteroatoms. The number of imide groups is 1. The lowest BCUT2D eigenvalue weighted by molar-refractivity contribution is 0.0879. The molecule has 0 saturated heterocycles. The number of amidine groups is 1. The summed E-state index contributed by atoms with van der Waals surface area (Å²) in [5, 5.41) is 6.92. The first-order valence-electron chi connectivity index (χ1n) is 7.01. The number of fused-ring (bicyclic) bond motifs is 1. The maximum Gasteiger partial charge on any atom is 0.259 e. The van der Waals surface area contributed by atoms with Crippen molar-refractivity contribution in [1.29, 1.82) is 0 Å². The summed E-state index contributed by atoms with van der Waals surface area (Å²) in [4.78, 5) is 27.6.